The minimum absolute atomic E-state index is 0.0696. The average molecular weight is 338 g/mol. The maximum absolute atomic E-state index is 12.3. The normalized spacial score (nSPS) is 11.5. The molecule has 6 nitrogen and oxygen atoms in total. The van der Waals surface area contributed by atoms with Gasteiger partial charge >= 0.3 is 0 Å². The van der Waals surface area contributed by atoms with Crippen LogP contribution in [0.4, 0.5) is 5.13 Å². The molecule has 118 valence electrons. The number of thiazole rings is 2. The molecule has 0 bridgehead atoms. The van der Waals surface area contributed by atoms with E-state index in [2.05, 4.69) is 36.1 Å². The number of amides is 2. The SMILES string of the molecule is Cc1nc(C(C)(C)C)sc1C(=O)Nc1nc(CC(N)=O)cs1. The fourth-order valence-electron chi connectivity index (χ4n) is 1.71. The van der Waals surface area contributed by atoms with E-state index in [1.807, 2.05) is 6.92 Å². The first-order valence-electron chi connectivity index (χ1n) is 6.69. The second-order valence-electron chi connectivity index (χ2n) is 5.92. The Balaban J connectivity index is 2.14. The fraction of sp³-hybridized carbons (Fsp3) is 0.429. The molecule has 2 aromatic rings. The topological polar surface area (TPSA) is 98.0 Å². The summed E-state index contributed by atoms with van der Waals surface area (Å²) < 4.78 is 0. The molecule has 8 heteroatoms. The molecule has 2 rings (SSSR count). The van der Waals surface area contributed by atoms with Crippen molar-refractivity contribution < 1.29 is 9.59 Å². The molecule has 2 amide bonds. The highest BCUT2D eigenvalue weighted by Gasteiger charge is 2.23. The molecule has 0 aliphatic carbocycles. The van der Waals surface area contributed by atoms with Gasteiger partial charge in [0.25, 0.3) is 5.91 Å². The second kappa shape index (κ2) is 6.13. The summed E-state index contributed by atoms with van der Waals surface area (Å²) in [6, 6.07) is 0. The first-order chi connectivity index (χ1) is 10.2. The van der Waals surface area contributed by atoms with Crippen LogP contribution in [0.15, 0.2) is 5.38 Å². The number of rotatable bonds is 4. The van der Waals surface area contributed by atoms with E-state index in [9.17, 15) is 9.59 Å². The molecular formula is C14H18N4O2S2. The molecule has 0 aromatic carbocycles. The number of carbonyl (C=O) groups excluding carboxylic acids is 2. The number of carbonyl (C=O) groups is 2. The summed E-state index contributed by atoms with van der Waals surface area (Å²) in [4.78, 5) is 32.4. The Morgan fingerprint density at radius 3 is 2.55 bits per heavy atom. The Morgan fingerprint density at radius 1 is 1.32 bits per heavy atom. The first-order valence-corrected chi connectivity index (χ1v) is 8.38. The molecule has 0 fully saturated rings. The van der Waals surface area contributed by atoms with Gasteiger partial charge in [-0.2, -0.15) is 0 Å². The summed E-state index contributed by atoms with van der Waals surface area (Å²) >= 11 is 2.66. The van der Waals surface area contributed by atoms with Crippen LogP contribution in [0.3, 0.4) is 0 Å². The third kappa shape index (κ3) is 3.89. The molecule has 0 spiro atoms. The lowest BCUT2D eigenvalue weighted by Gasteiger charge is -2.13. The Morgan fingerprint density at radius 2 is 2.00 bits per heavy atom. The van der Waals surface area contributed by atoms with Crippen molar-refractivity contribution in [2.75, 3.05) is 5.32 Å². The molecule has 3 N–H and O–H groups in total. The van der Waals surface area contributed by atoms with Gasteiger partial charge in [-0.05, 0) is 6.92 Å². The minimum Gasteiger partial charge on any atom is -0.369 e. The van der Waals surface area contributed by atoms with Crippen molar-refractivity contribution in [3.8, 4) is 0 Å². The van der Waals surface area contributed by atoms with Crippen LogP contribution in [0, 0.1) is 6.92 Å². The van der Waals surface area contributed by atoms with Gasteiger partial charge in [-0.3, -0.25) is 14.9 Å². The number of aryl methyl sites for hydroxylation is 1. The predicted octanol–water partition coefficient (Wildman–Crippen LogP) is 2.49. The van der Waals surface area contributed by atoms with Crippen LogP contribution in [-0.4, -0.2) is 21.8 Å². The van der Waals surface area contributed by atoms with E-state index >= 15 is 0 Å². The summed E-state index contributed by atoms with van der Waals surface area (Å²) in [7, 11) is 0. The van der Waals surface area contributed by atoms with E-state index in [-0.39, 0.29) is 17.7 Å². The van der Waals surface area contributed by atoms with Crippen LogP contribution < -0.4 is 11.1 Å². The molecule has 22 heavy (non-hydrogen) atoms. The molecule has 0 atom stereocenters. The highest BCUT2D eigenvalue weighted by Crippen LogP contribution is 2.29. The van der Waals surface area contributed by atoms with Gasteiger partial charge in [0.2, 0.25) is 5.91 Å². The molecule has 2 heterocycles. The molecule has 0 saturated carbocycles. The monoisotopic (exact) mass is 338 g/mol. The number of primary amides is 1. The van der Waals surface area contributed by atoms with Crippen molar-refractivity contribution in [2.45, 2.75) is 39.5 Å². The van der Waals surface area contributed by atoms with E-state index in [0.29, 0.717) is 21.4 Å². The Kier molecular flexibility index (Phi) is 4.62. The zero-order valence-electron chi connectivity index (χ0n) is 12.9. The number of nitrogens with one attached hydrogen (secondary N) is 1. The first kappa shape index (κ1) is 16.6. The number of nitrogens with two attached hydrogens (primary N) is 1. The van der Waals surface area contributed by atoms with Gasteiger partial charge in [0.1, 0.15) is 4.88 Å². The van der Waals surface area contributed by atoms with Crippen LogP contribution in [0.25, 0.3) is 0 Å². The maximum Gasteiger partial charge on any atom is 0.269 e. The summed E-state index contributed by atoms with van der Waals surface area (Å²) in [5.41, 5.74) is 6.30. The zero-order valence-corrected chi connectivity index (χ0v) is 14.5. The largest absolute Gasteiger partial charge is 0.369 e. The minimum atomic E-state index is -0.448. The van der Waals surface area contributed by atoms with Gasteiger partial charge in [-0.15, -0.1) is 22.7 Å². The quantitative estimate of drug-likeness (QED) is 0.895. The second-order valence-corrected chi connectivity index (χ2v) is 7.78. The molecule has 0 aliphatic rings. The third-order valence-corrected chi connectivity index (χ3v) is 5.16. The van der Waals surface area contributed by atoms with Gasteiger partial charge < -0.3 is 5.73 Å². The molecule has 0 saturated heterocycles. The van der Waals surface area contributed by atoms with Gasteiger partial charge in [-0.1, -0.05) is 20.8 Å². The van der Waals surface area contributed by atoms with Crippen LogP contribution in [0.2, 0.25) is 0 Å². The third-order valence-electron chi connectivity index (χ3n) is 2.77. The predicted molar refractivity (Wildman–Crippen MR) is 88.5 cm³/mol. The number of nitrogens with zero attached hydrogens (tertiary/aromatic N) is 2. The lowest BCUT2D eigenvalue weighted by Crippen LogP contribution is -2.14. The smallest absolute Gasteiger partial charge is 0.269 e. The highest BCUT2D eigenvalue weighted by molar-refractivity contribution is 7.15. The van der Waals surface area contributed by atoms with Crippen LogP contribution >= 0.6 is 22.7 Å². The number of hydrogen-bond donors (Lipinski definition) is 2. The zero-order chi connectivity index (χ0) is 16.5. The van der Waals surface area contributed by atoms with E-state index in [0.717, 1.165) is 5.01 Å². The van der Waals surface area contributed by atoms with Crippen molar-refractivity contribution in [3.05, 3.63) is 26.7 Å². The van der Waals surface area contributed by atoms with Crippen molar-refractivity contribution in [3.63, 3.8) is 0 Å². The Bertz CT molecular complexity index is 713. The van der Waals surface area contributed by atoms with E-state index in [1.54, 1.807) is 5.38 Å². The van der Waals surface area contributed by atoms with Crippen molar-refractivity contribution >= 4 is 39.6 Å². The van der Waals surface area contributed by atoms with Crippen LogP contribution in [0.1, 0.15) is 46.8 Å². The van der Waals surface area contributed by atoms with Crippen LogP contribution in [0.5, 0.6) is 0 Å². The van der Waals surface area contributed by atoms with Gasteiger partial charge in [0, 0.05) is 10.8 Å². The summed E-state index contributed by atoms with van der Waals surface area (Å²) in [6.07, 6.45) is 0.0696. The van der Waals surface area contributed by atoms with Gasteiger partial charge in [-0.25, -0.2) is 9.97 Å². The summed E-state index contributed by atoms with van der Waals surface area (Å²) in [5, 5.41) is 5.82. The summed E-state index contributed by atoms with van der Waals surface area (Å²) in [5.74, 6) is -0.679. The average Bonchev–Trinajstić information content (AvgIpc) is 2.94. The Hall–Kier alpha value is -1.80. The molecule has 0 aliphatic heterocycles. The Labute approximate surface area is 136 Å². The molecule has 2 aromatic heterocycles. The number of hydrogen-bond acceptors (Lipinski definition) is 6. The standard InChI is InChI=1S/C14H18N4O2S2/c1-7-10(22-12(16-7)14(2,3)4)11(20)18-13-17-8(6-21-13)5-9(15)19/h6H,5H2,1-4H3,(H2,15,19)(H,17,18,20). The highest BCUT2D eigenvalue weighted by atomic mass is 32.1. The van der Waals surface area contributed by atoms with Crippen molar-refractivity contribution in [1.82, 2.24) is 9.97 Å². The molecule has 0 unspecified atom stereocenters. The summed E-state index contributed by atoms with van der Waals surface area (Å²) in [6.45, 7) is 8.00. The van der Waals surface area contributed by atoms with E-state index in [4.69, 9.17) is 5.73 Å². The molecule has 0 radical (unpaired) electrons. The van der Waals surface area contributed by atoms with Crippen molar-refractivity contribution in [1.29, 1.82) is 0 Å². The maximum atomic E-state index is 12.3. The van der Waals surface area contributed by atoms with Gasteiger partial charge in [0.15, 0.2) is 5.13 Å². The van der Waals surface area contributed by atoms with Gasteiger partial charge in [0.05, 0.1) is 22.8 Å². The number of aromatic nitrogens is 2. The number of anilines is 1. The van der Waals surface area contributed by atoms with Crippen LogP contribution in [-0.2, 0) is 16.6 Å². The fourth-order valence-corrected chi connectivity index (χ4v) is 3.43. The lowest BCUT2D eigenvalue weighted by molar-refractivity contribution is -0.117. The molecular weight excluding hydrogens is 320 g/mol. The lowest BCUT2D eigenvalue weighted by atomic mass is 9.98. The van der Waals surface area contributed by atoms with E-state index < -0.39 is 5.91 Å². The van der Waals surface area contributed by atoms with Crippen molar-refractivity contribution in [2.24, 2.45) is 5.73 Å². The van der Waals surface area contributed by atoms with E-state index in [1.165, 1.54) is 22.7 Å².